The maximum Gasteiger partial charge on any atom is 0.408 e. The van der Waals surface area contributed by atoms with Crippen molar-refractivity contribution in [2.75, 3.05) is 20.3 Å². The zero-order chi connectivity index (χ0) is 24.6. The van der Waals surface area contributed by atoms with Crippen LogP contribution >= 0.6 is 0 Å². The molecule has 12 heteroatoms. The van der Waals surface area contributed by atoms with Crippen LogP contribution in [0.5, 0.6) is 0 Å². The van der Waals surface area contributed by atoms with E-state index in [1.807, 2.05) is 6.07 Å². The van der Waals surface area contributed by atoms with Gasteiger partial charge < -0.3 is 50.4 Å². The van der Waals surface area contributed by atoms with Crippen LogP contribution in [0.15, 0.2) is 30.3 Å². The zero-order valence-electron chi connectivity index (χ0n) is 18.5. The first-order valence-corrected chi connectivity index (χ1v) is 10.4. The number of methoxy groups -OCH3 is 1. The fraction of sp³-hybridized carbons (Fsp3) is 0.619. The van der Waals surface area contributed by atoms with Gasteiger partial charge in [0.15, 0.2) is 5.79 Å². The lowest BCUT2D eigenvalue weighted by Crippen LogP contribution is -2.68. The van der Waals surface area contributed by atoms with Crippen LogP contribution in [-0.2, 0) is 25.6 Å². The first-order chi connectivity index (χ1) is 15.7. The quantitative estimate of drug-likeness (QED) is 0.200. The molecular weight excluding hydrogens is 440 g/mol. The van der Waals surface area contributed by atoms with Crippen molar-refractivity contribution in [3.05, 3.63) is 35.9 Å². The number of aliphatic hydroxyl groups is 5. The molecule has 2 amide bonds. The molecule has 33 heavy (non-hydrogen) atoms. The van der Waals surface area contributed by atoms with E-state index < -0.39 is 67.5 Å². The van der Waals surface area contributed by atoms with Gasteiger partial charge in [-0.05, 0) is 12.5 Å². The van der Waals surface area contributed by atoms with E-state index in [9.17, 15) is 35.1 Å². The van der Waals surface area contributed by atoms with Crippen LogP contribution in [0.1, 0.15) is 18.9 Å². The number of alkyl carbamates (subject to hydrolysis) is 1. The summed E-state index contributed by atoms with van der Waals surface area (Å²) in [7, 11) is 1.22. The number of benzene rings is 1. The monoisotopic (exact) mass is 472 g/mol. The predicted molar refractivity (Wildman–Crippen MR) is 113 cm³/mol. The Morgan fingerprint density at radius 3 is 2.48 bits per heavy atom. The Balaban J connectivity index is 2.03. The molecule has 1 aromatic carbocycles. The maximum atomic E-state index is 12.7. The molecule has 0 radical (unpaired) electrons. The van der Waals surface area contributed by atoms with Crippen molar-refractivity contribution < 1.29 is 49.3 Å². The molecule has 7 atom stereocenters. The number of carbonyl (C=O) groups excluding carboxylic acids is 2. The maximum absolute atomic E-state index is 12.7. The Morgan fingerprint density at radius 1 is 1.24 bits per heavy atom. The molecular formula is C21H32N2O10. The number of nitrogens with one attached hydrogen (secondary N) is 2. The standard InChI is InChI=1S/C21H32N2O10/c1-12(22-20(30)32-10-13-6-4-3-5-7-13)19(29)23-16-14(26)8-21(11-25,31-2)33-18(16)17(28)15(27)9-24/h3-7,12,14-18,24-28H,8-11H2,1-2H3,(H,22,30)(H,23,29)/t12-,14+,15-,16-,17-,18-,21+/m1/s1. The summed E-state index contributed by atoms with van der Waals surface area (Å²) in [4.78, 5) is 24.7. The molecule has 0 aliphatic carbocycles. The zero-order valence-corrected chi connectivity index (χ0v) is 18.5. The lowest BCUT2D eigenvalue weighted by atomic mass is 9.88. The van der Waals surface area contributed by atoms with Gasteiger partial charge in [0.25, 0.3) is 0 Å². The van der Waals surface area contributed by atoms with Crippen molar-refractivity contribution in [3.8, 4) is 0 Å². The molecule has 1 saturated heterocycles. The van der Waals surface area contributed by atoms with Gasteiger partial charge in [0.05, 0.1) is 25.4 Å². The molecule has 0 saturated carbocycles. The third-order valence-electron chi connectivity index (χ3n) is 5.42. The summed E-state index contributed by atoms with van der Waals surface area (Å²) in [5, 5.41) is 54.5. The lowest BCUT2D eigenvalue weighted by Gasteiger charge is -2.47. The lowest BCUT2D eigenvalue weighted by molar-refractivity contribution is -0.322. The molecule has 0 spiro atoms. The van der Waals surface area contributed by atoms with Crippen LogP contribution in [-0.4, -0.2) is 100 Å². The van der Waals surface area contributed by atoms with Crippen LogP contribution < -0.4 is 10.6 Å². The largest absolute Gasteiger partial charge is 0.445 e. The Hall–Kier alpha value is -2.32. The fourth-order valence-corrected chi connectivity index (χ4v) is 3.42. The van der Waals surface area contributed by atoms with Gasteiger partial charge in [0.2, 0.25) is 5.91 Å². The third-order valence-corrected chi connectivity index (χ3v) is 5.42. The van der Waals surface area contributed by atoms with Crippen molar-refractivity contribution in [2.24, 2.45) is 0 Å². The van der Waals surface area contributed by atoms with Gasteiger partial charge in [-0.2, -0.15) is 0 Å². The van der Waals surface area contributed by atoms with Crippen molar-refractivity contribution in [3.63, 3.8) is 0 Å². The first-order valence-electron chi connectivity index (χ1n) is 10.4. The Labute approximate surface area is 191 Å². The molecule has 7 N–H and O–H groups in total. The van der Waals surface area contributed by atoms with Crippen molar-refractivity contribution >= 4 is 12.0 Å². The SMILES string of the molecule is CO[C@@]1(CO)C[C@H](O)[C@@H](NC(=O)[C@@H](C)NC(=O)OCc2ccccc2)[C@H]([C@H](O)[C@H](O)CO)O1. The highest BCUT2D eigenvalue weighted by Crippen LogP contribution is 2.32. The van der Waals surface area contributed by atoms with Crippen molar-refractivity contribution in [2.45, 2.75) is 62.2 Å². The average molecular weight is 472 g/mol. The molecule has 1 fully saturated rings. The van der Waals surface area contributed by atoms with Gasteiger partial charge in [-0.15, -0.1) is 0 Å². The van der Waals surface area contributed by atoms with E-state index in [2.05, 4.69) is 10.6 Å². The van der Waals surface area contributed by atoms with E-state index in [4.69, 9.17) is 14.2 Å². The van der Waals surface area contributed by atoms with E-state index in [0.29, 0.717) is 0 Å². The van der Waals surface area contributed by atoms with Gasteiger partial charge in [-0.25, -0.2) is 4.79 Å². The smallest absolute Gasteiger partial charge is 0.408 e. The number of ether oxygens (including phenoxy) is 3. The highest BCUT2D eigenvalue weighted by Gasteiger charge is 2.51. The van der Waals surface area contributed by atoms with E-state index in [0.717, 1.165) is 5.56 Å². The number of aliphatic hydroxyl groups excluding tert-OH is 5. The second-order valence-electron chi connectivity index (χ2n) is 7.83. The average Bonchev–Trinajstić information content (AvgIpc) is 2.83. The molecule has 2 rings (SSSR count). The van der Waals surface area contributed by atoms with Crippen molar-refractivity contribution in [1.29, 1.82) is 0 Å². The molecule has 186 valence electrons. The van der Waals surface area contributed by atoms with Crippen LogP contribution in [0.25, 0.3) is 0 Å². The van der Waals surface area contributed by atoms with Gasteiger partial charge in [0.1, 0.15) is 31.0 Å². The third kappa shape index (κ3) is 7.08. The Morgan fingerprint density at radius 2 is 1.91 bits per heavy atom. The van der Waals surface area contributed by atoms with E-state index in [1.165, 1.54) is 14.0 Å². The molecule has 0 bridgehead atoms. The Bertz CT molecular complexity index is 761. The number of hydrogen-bond donors (Lipinski definition) is 7. The van der Waals surface area contributed by atoms with E-state index in [-0.39, 0.29) is 13.0 Å². The Kier molecular flexibility index (Phi) is 9.98. The second kappa shape index (κ2) is 12.2. The van der Waals surface area contributed by atoms with Gasteiger partial charge in [-0.1, -0.05) is 30.3 Å². The summed E-state index contributed by atoms with van der Waals surface area (Å²) in [6.45, 7) is -0.104. The molecule has 0 aromatic heterocycles. The minimum Gasteiger partial charge on any atom is -0.445 e. The van der Waals surface area contributed by atoms with Gasteiger partial charge in [-0.3, -0.25) is 4.79 Å². The summed E-state index contributed by atoms with van der Waals surface area (Å²) in [6.07, 6.45) is -7.31. The number of amides is 2. The highest BCUT2D eigenvalue weighted by molar-refractivity contribution is 5.85. The summed E-state index contributed by atoms with van der Waals surface area (Å²) >= 11 is 0. The summed E-state index contributed by atoms with van der Waals surface area (Å²) in [5.41, 5.74) is 0.761. The minimum atomic E-state index is -1.74. The van der Waals surface area contributed by atoms with Gasteiger partial charge >= 0.3 is 6.09 Å². The molecule has 1 aliphatic rings. The minimum absolute atomic E-state index is 0.00374. The topological polar surface area (TPSA) is 187 Å². The fourth-order valence-electron chi connectivity index (χ4n) is 3.42. The van der Waals surface area contributed by atoms with Crippen LogP contribution in [0.3, 0.4) is 0 Å². The highest BCUT2D eigenvalue weighted by atomic mass is 16.7. The van der Waals surface area contributed by atoms with Crippen LogP contribution in [0, 0.1) is 0 Å². The molecule has 1 aromatic rings. The second-order valence-corrected chi connectivity index (χ2v) is 7.83. The summed E-state index contributed by atoms with van der Waals surface area (Å²) in [6, 6.07) is 6.59. The molecule has 0 unspecified atom stereocenters. The summed E-state index contributed by atoms with van der Waals surface area (Å²) in [5.74, 6) is -2.42. The van der Waals surface area contributed by atoms with E-state index >= 15 is 0 Å². The van der Waals surface area contributed by atoms with Gasteiger partial charge in [0, 0.05) is 13.5 Å². The normalized spacial score (nSPS) is 27.8. The van der Waals surface area contributed by atoms with Crippen LogP contribution in [0.4, 0.5) is 4.79 Å². The molecule has 12 nitrogen and oxygen atoms in total. The van der Waals surface area contributed by atoms with Crippen LogP contribution in [0.2, 0.25) is 0 Å². The van der Waals surface area contributed by atoms with Crippen molar-refractivity contribution in [1.82, 2.24) is 10.6 Å². The molecule has 1 aliphatic heterocycles. The first kappa shape index (κ1) is 26.9. The van der Waals surface area contributed by atoms with E-state index in [1.54, 1.807) is 24.3 Å². The number of hydrogen-bond acceptors (Lipinski definition) is 10. The number of rotatable bonds is 10. The predicted octanol–water partition coefficient (Wildman–Crippen LogP) is -2.01. The number of carbonyl (C=O) groups is 2. The summed E-state index contributed by atoms with van der Waals surface area (Å²) < 4.78 is 15.8. The molecule has 1 heterocycles.